The molecule has 0 radical (unpaired) electrons. The summed E-state index contributed by atoms with van der Waals surface area (Å²) >= 11 is 1.55. The molecular weight excluding hydrogens is 360 g/mol. The molecule has 140 valence electrons. The summed E-state index contributed by atoms with van der Waals surface area (Å²) in [4.78, 5) is 24.4. The van der Waals surface area contributed by atoms with Gasteiger partial charge >= 0.3 is 0 Å². The predicted molar refractivity (Wildman–Crippen MR) is 109 cm³/mol. The van der Waals surface area contributed by atoms with Crippen LogP contribution in [0.1, 0.15) is 28.8 Å². The van der Waals surface area contributed by atoms with Crippen molar-refractivity contribution >= 4 is 29.3 Å². The van der Waals surface area contributed by atoms with Crippen LogP contribution in [0.2, 0.25) is 0 Å². The molecule has 2 aromatic carbocycles. The number of nitrogens with one attached hydrogen (secondary N) is 2. The second-order valence-electron chi connectivity index (χ2n) is 6.25. The summed E-state index contributed by atoms with van der Waals surface area (Å²) < 4.78 is 5.33. The maximum Gasteiger partial charge on any atom is 0.291 e. The summed E-state index contributed by atoms with van der Waals surface area (Å²) in [6.45, 7) is 3.17. The lowest BCUT2D eigenvalue weighted by atomic mass is 10.0. The molecule has 0 aliphatic carbocycles. The maximum atomic E-state index is 12.3. The van der Waals surface area contributed by atoms with Crippen LogP contribution in [0.15, 0.2) is 65.8 Å². The number of ether oxygens (including phenoxy) is 1. The van der Waals surface area contributed by atoms with Crippen molar-refractivity contribution < 1.29 is 14.3 Å². The number of hydrogen-bond acceptors (Lipinski definition) is 4. The summed E-state index contributed by atoms with van der Waals surface area (Å²) in [5.74, 6) is 0.989. The summed E-state index contributed by atoms with van der Waals surface area (Å²) in [7, 11) is 0. The number of carbonyl (C=O) groups excluding carboxylic acids is 2. The van der Waals surface area contributed by atoms with Gasteiger partial charge in [0.1, 0.15) is 0 Å². The Morgan fingerprint density at radius 1 is 1.07 bits per heavy atom. The van der Waals surface area contributed by atoms with E-state index in [0.29, 0.717) is 30.2 Å². The van der Waals surface area contributed by atoms with Gasteiger partial charge in [-0.3, -0.25) is 9.59 Å². The largest absolute Gasteiger partial charge is 0.487 e. The Hall–Kier alpha value is -2.73. The minimum Gasteiger partial charge on any atom is -0.487 e. The minimum absolute atomic E-state index is 0.134. The Kier molecular flexibility index (Phi) is 6.54. The lowest BCUT2D eigenvalue weighted by Gasteiger charge is -2.14. The van der Waals surface area contributed by atoms with Crippen LogP contribution in [0.3, 0.4) is 0 Å². The molecule has 0 aromatic heterocycles. The first-order valence-corrected chi connectivity index (χ1v) is 9.87. The standard InChI is InChI=1S/C21H22N2O3S/c1-15(16-5-3-2-4-6-16)13-22-20(24)17-7-9-18(10-8-17)23-21(25)19-14-27-12-11-26-19/h2-10,14-15H,11-13H2,1H3,(H,22,24)(H,23,25). The molecule has 1 atom stereocenters. The van der Waals surface area contributed by atoms with Crippen LogP contribution >= 0.6 is 11.8 Å². The molecule has 0 saturated heterocycles. The molecule has 27 heavy (non-hydrogen) atoms. The third kappa shape index (κ3) is 5.37. The first-order chi connectivity index (χ1) is 13.1. The normalized spacial score (nSPS) is 14.5. The first-order valence-electron chi connectivity index (χ1n) is 8.82. The molecule has 6 heteroatoms. The van der Waals surface area contributed by atoms with E-state index in [9.17, 15) is 9.59 Å². The van der Waals surface area contributed by atoms with E-state index in [-0.39, 0.29) is 17.7 Å². The van der Waals surface area contributed by atoms with Gasteiger partial charge in [-0.1, -0.05) is 37.3 Å². The van der Waals surface area contributed by atoms with Gasteiger partial charge in [-0.25, -0.2) is 0 Å². The monoisotopic (exact) mass is 382 g/mol. The van der Waals surface area contributed by atoms with Gasteiger partial charge in [-0.2, -0.15) is 0 Å². The average Bonchev–Trinajstić information content (AvgIpc) is 2.73. The summed E-state index contributed by atoms with van der Waals surface area (Å²) in [5.41, 5.74) is 2.36. The van der Waals surface area contributed by atoms with Gasteiger partial charge in [-0.05, 0) is 35.7 Å². The zero-order valence-electron chi connectivity index (χ0n) is 15.1. The van der Waals surface area contributed by atoms with Crippen molar-refractivity contribution in [3.05, 3.63) is 76.9 Å². The topological polar surface area (TPSA) is 67.4 Å². The fraction of sp³-hybridized carbons (Fsp3) is 0.238. The minimum atomic E-state index is -0.281. The van der Waals surface area contributed by atoms with Crippen molar-refractivity contribution in [1.82, 2.24) is 5.32 Å². The van der Waals surface area contributed by atoms with Gasteiger partial charge in [0.25, 0.3) is 11.8 Å². The van der Waals surface area contributed by atoms with Crippen molar-refractivity contribution in [2.75, 3.05) is 24.2 Å². The Labute approximate surface area is 163 Å². The van der Waals surface area contributed by atoms with E-state index < -0.39 is 0 Å². The van der Waals surface area contributed by atoms with E-state index in [1.165, 1.54) is 5.56 Å². The number of hydrogen-bond donors (Lipinski definition) is 2. The van der Waals surface area contributed by atoms with E-state index in [1.54, 1.807) is 41.4 Å². The van der Waals surface area contributed by atoms with E-state index >= 15 is 0 Å². The number of anilines is 1. The van der Waals surface area contributed by atoms with Crippen molar-refractivity contribution in [1.29, 1.82) is 0 Å². The third-order valence-corrected chi connectivity index (χ3v) is 5.00. The molecule has 0 spiro atoms. The van der Waals surface area contributed by atoms with Gasteiger partial charge in [0.15, 0.2) is 5.76 Å². The molecule has 1 aliphatic heterocycles. The smallest absolute Gasteiger partial charge is 0.291 e. The van der Waals surface area contributed by atoms with Gasteiger partial charge < -0.3 is 15.4 Å². The molecule has 0 fully saturated rings. The number of carbonyl (C=O) groups is 2. The maximum absolute atomic E-state index is 12.3. The average molecular weight is 382 g/mol. The van der Waals surface area contributed by atoms with E-state index in [2.05, 4.69) is 29.7 Å². The fourth-order valence-electron chi connectivity index (χ4n) is 2.63. The highest BCUT2D eigenvalue weighted by Crippen LogP contribution is 2.18. The van der Waals surface area contributed by atoms with Crippen LogP contribution in [0.4, 0.5) is 5.69 Å². The number of thioether (sulfide) groups is 1. The highest BCUT2D eigenvalue weighted by atomic mass is 32.2. The molecule has 1 unspecified atom stereocenters. The van der Waals surface area contributed by atoms with E-state index in [0.717, 1.165) is 5.75 Å². The molecule has 2 N–H and O–H groups in total. The molecular formula is C21H22N2O3S. The second-order valence-corrected chi connectivity index (χ2v) is 7.23. The number of rotatable bonds is 6. The highest BCUT2D eigenvalue weighted by Gasteiger charge is 2.15. The highest BCUT2D eigenvalue weighted by molar-refractivity contribution is 8.02. The van der Waals surface area contributed by atoms with Crippen LogP contribution in [-0.2, 0) is 9.53 Å². The molecule has 1 aliphatic rings. The SMILES string of the molecule is CC(CNC(=O)c1ccc(NC(=O)C2=CSCCO2)cc1)c1ccccc1. The Morgan fingerprint density at radius 2 is 1.81 bits per heavy atom. The molecule has 1 heterocycles. The van der Waals surface area contributed by atoms with Crippen LogP contribution < -0.4 is 10.6 Å². The third-order valence-electron chi connectivity index (χ3n) is 4.22. The molecule has 0 bridgehead atoms. The van der Waals surface area contributed by atoms with Crippen LogP contribution in [0.5, 0.6) is 0 Å². The van der Waals surface area contributed by atoms with E-state index in [4.69, 9.17) is 4.74 Å². The Bertz CT molecular complexity index is 819. The van der Waals surface area contributed by atoms with Gasteiger partial charge in [0, 0.05) is 29.0 Å². The molecule has 2 aromatic rings. The second kappa shape index (κ2) is 9.28. The predicted octanol–water partition coefficient (Wildman–Crippen LogP) is 3.76. The zero-order valence-corrected chi connectivity index (χ0v) is 15.9. The molecule has 0 saturated carbocycles. The summed E-state index contributed by atoms with van der Waals surface area (Å²) in [5, 5.41) is 7.44. The first kappa shape index (κ1) is 19.0. The van der Waals surface area contributed by atoms with Gasteiger partial charge in [0.2, 0.25) is 0 Å². The Balaban J connectivity index is 1.52. The number of amides is 2. The van der Waals surface area contributed by atoms with Crippen molar-refractivity contribution in [3.63, 3.8) is 0 Å². The van der Waals surface area contributed by atoms with Crippen molar-refractivity contribution in [2.45, 2.75) is 12.8 Å². The Morgan fingerprint density at radius 3 is 2.48 bits per heavy atom. The fourth-order valence-corrected chi connectivity index (χ4v) is 3.26. The quantitative estimate of drug-likeness (QED) is 0.798. The molecule has 3 rings (SSSR count). The van der Waals surface area contributed by atoms with Crippen molar-refractivity contribution in [3.8, 4) is 0 Å². The van der Waals surface area contributed by atoms with E-state index in [1.807, 2.05) is 18.2 Å². The van der Waals surface area contributed by atoms with Crippen LogP contribution in [0.25, 0.3) is 0 Å². The zero-order chi connectivity index (χ0) is 19.1. The van der Waals surface area contributed by atoms with Crippen LogP contribution in [-0.4, -0.2) is 30.7 Å². The van der Waals surface area contributed by atoms with Crippen molar-refractivity contribution in [2.24, 2.45) is 0 Å². The van der Waals surface area contributed by atoms with Gasteiger partial charge in [0.05, 0.1) is 6.61 Å². The van der Waals surface area contributed by atoms with Gasteiger partial charge in [-0.15, -0.1) is 11.8 Å². The molecule has 5 nitrogen and oxygen atoms in total. The summed E-state index contributed by atoms with van der Waals surface area (Å²) in [6.07, 6.45) is 0. The summed E-state index contributed by atoms with van der Waals surface area (Å²) in [6, 6.07) is 16.9. The van der Waals surface area contributed by atoms with Crippen LogP contribution in [0, 0.1) is 0 Å². The lowest BCUT2D eigenvalue weighted by Crippen LogP contribution is -2.27. The number of benzene rings is 2. The lowest BCUT2D eigenvalue weighted by molar-refractivity contribution is -0.116. The molecule has 2 amide bonds.